The first-order valence-corrected chi connectivity index (χ1v) is 9.21. The number of nitrogens with zero attached hydrogens (tertiary/aromatic N) is 4. The second-order valence-electron chi connectivity index (χ2n) is 6.85. The summed E-state index contributed by atoms with van der Waals surface area (Å²) in [7, 11) is 0. The molecule has 0 unspecified atom stereocenters. The van der Waals surface area contributed by atoms with E-state index in [-0.39, 0.29) is 12.2 Å². The molecule has 2 atom stereocenters. The van der Waals surface area contributed by atoms with Crippen molar-refractivity contribution in [2.45, 2.75) is 25.8 Å². The monoisotopic (exact) mass is 396 g/mol. The van der Waals surface area contributed by atoms with Crippen LogP contribution in [0.3, 0.4) is 0 Å². The summed E-state index contributed by atoms with van der Waals surface area (Å²) in [6, 6.07) is 10.5. The molecule has 0 spiro atoms. The molecule has 1 aromatic heterocycles. The van der Waals surface area contributed by atoms with Gasteiger partial charge in [0.2, 0.25) is 0 Å². The van der Waals surface area contributed by atoms with Crippen molar-refractivity contribution in [3.8, 4) is 5.69 Å². The van der Waals surface area contributed by atoms with Gasteiger partial charge in [0.1, 0.15) is 23.1 Å². The predicted molar refractivity (Wildman–Crippen MR) is 104 cm³/mol. The summed E-state index contributed by atoms with van der Waals surface area (Å²) in [6.07, 6.45) is 0. The number of rotatable bonds is 4. The Morgan fingerprint density at radius 3 is 2.41 bits per heavy atom. The van der Waals surface area contributed by atoms with E-state index < -0.39 is 29.5 Å². The van der Waals surface area contributed by atoms with Crippen LogP contribution in [0.15, 0.2) is 53.7 Å². The van der Waals surface area contributed by atoms with Gasteiger partial charge in [-0.1, -0.05) is 29.4 Å². The third-order valence-electron chi connectivity index (χ3n) is 5.22. The molecule has 0 saturated carbocycles. The SMILES string of the molecule is CCN1C(=O)[C@@H](N=O)[C@@H](c2ccc(F)cc2)c2c(C)nn(-c3ccccc3F)c21. The Kier molecular flexibility index (Phi) is 4.70. The van der Waals surface area contributed by atoms with Gasteiger partial charge in [-0.15, -0.1) is 4.91 Å². The Morgan fingerprint density at radius 2 is 1.79 bits per heavy atom. The quantitative estimate of drug-likeness (QED) is 0.624. The Labute approximate surface area is 165 Å². The van der Waals surface area contributed by atoms with E-state index in [0.717, 1.165) is 0 Å². The zero-order valence-corrected chi connectivity index (χ0v) is 15.8. The Hall–Kier alpha value is -3.42. The predicted octanol–water partition coefficient (Wildman–Crippen LogP) is 4.09. The Balaban J connectivity index is 2.02. The van der Waals surface area contributed by atoms with E-state index in [1.807, 2.05) is 0 Å². The molecule has 1 aliphatic rings. The molecule has 0 aliphatic carbocycles. The molecule has 0 saturated heterocycles. The molecule has 6 nitrogen and oxygen atoms in total. The molecule has 2 heterocycles. The van der Waals surface area contributed by atoms with Crippen LogP contribution in [-0.4, -0.2) is 28.3 Å². The first-order chi connectivity index (χ1) is 14.0. The zero-order valence-electron chi connectivity index (χ0n) is 15.8. The number of aromatic nitrogens is 2. The first kappa shape index (κ1) is 18.9. The van der Waals surface area contributed by atoms with Crippen LogP contribution >= 0.6 is 0 Å². The van der Waals surface area contributed by atoms with Crippen molar-refractivity contribution in [1.82, 2.24) is 9.78 Å². The highest BCUT2D eigenvalue weighted by atomic mass is 19.1. The summed E-state index contributed by atoms with van der Waals surface area (Å²) < 4.78 is 29.4. The molecule has 1 amide bonds. The molecular weight excluding hydrogens is 378 g/mol. The maximum absolute atomic E-state index is 14.5. The highest BCUT2D eigenvalue weighted by Gasteiger charge is 2.45. The van der Waals surface area contributed by atoms with E-state index in [1.165, 1.54) is 39.9 Å². The average Bonchev–Trinajstić information content (AvgIpc) is 3.05. The molecule has 3 aromatic rings. The minimum absolute atomic E-state index is 0.193. The number of hydrogen-bond acceptors (Lipinski definition) is 4. The lowest BCUT2D eigenvalue weighted by molar-refractivity contribution is -0.120. The Morgan fingerprint density at radius 1 is 1.10 bits per heavy atom. The highest BCUT2D eigenvalue weighted by Crippen LogP contribution is 2.44. The number of halogens is 2. The van der Waals surface area contributed by atoms with Gasteiger partial charge in [0, 0.05) is 18.0 Å². The van der Waals surface area contributed by atoms with Gasteiger partial charge in [0.25, 0.3) is 5.91 Å². The number of amides is 1. The van der Waals surface area contributed by atoms with Crippen molar-refractivity contribution in [3.63, 3.8) is 0 Å². The molecule has 1 aliphatic heterocycles. The summed E-state index contributed by atoms with van der Waals surface area (Å²) in [5.41, 5.74) is 1.90. The van der Waals surface area contributed by atoms with Crippen LogP contribution in [0.1, 0.15) is 29.7 Å². The third kappa shape index (κ3) is 2.91. The molecule has 2 aromatic carbocycles. The molecule has 0 radical (unpaired) electrons. The number of fused-ring (bicyclic) bond motifs is 1. The topological polar surface area (TPSA) is 67.6 Å². The summed E-state index contributed by atoms with van der Waals surface area (Å²) in [5, 5.41) is 7.58. The Bertz CT molecular complexity index is 1090. The van der Waals surface area contributed by atoms with Crippen LogP contribution in [0.5, 0.6) is 0 Å². The van der Waals surface area contributed by atoms with Gasteiger partial charge < -0.3 is 0 Å². The van der Waals surface area contributed by atoms with Gasteiger partial charge in [-0.3, -0.25) is 9.69 Å². The van der Waals surface area contributed by atoms with Gasteiger partial charge in [-0.25, -0.2) is 13.5 Å². The normalized spacial score (nSPS) is 18.6. The smallest absolute Gasteiger partial charge is 0.257 e. The number of benzene rings is 2. The number of para-hydroxylation sites is 1. The standard InChI is InChI=1S/C21H18F2N4O2/c1-3-26-20-17(12(2)24-27(20)16-7-5-4-6-15(16)23)18(19(25-29)21(26)28)13-8-10-14(22)11-9-13/h4-11,18-19H,3H2,1-2H3/t18-,19-/m0/s1. The maximum Gasteiger partial charge on any atom is 0.257 e. The summed E-state index contributed by atoms with van der Waals surface area (Å²) in [4.78, 5) is 26.2. The molecule has 0 bridgehead atoms. The maximum atomic E-state index is 14.5. The first-order valence-electron chi connectivity index (χ1n) is 9.21. The molecular formula is C21H18F2N4O2. The van der Waals surface area contributed by atoms with Crippen LogP contribution in [0, 0.1) is 23.5 Å². The van der Waals surface area contributed by atoms with Crippen LogP contribution in [-0.2, 0) is 4.79 Å². The van der Waals surface area contributed by atoms with E-state index in [9.17, 15) is 18.5 Å². The van der Waals surface area contributed by atoms with E-state index in [4.69, 9.17) is 0 Å². The number of carbonyl (C=O) groups excluding carboxylic acids is 1. The van der Waals surface area contributed by atoms with Gasteiger partial charge in [0.15, 0.2) is 6.04 Å². The third-order valence-corrected chi connectivity index (χ3v) is 5.22. The van der Waals surface area contributed by atoms with Gasteiger partial charge in [-0.2, -0.15) is 5.10 Å². The van der Waals surface area contributed by atoms with E-state index in [2.05, 4.69) is 10.3 Å². The lowest BCUT2D eigenvalue weighted by Gasteiger charge is -2.35. The lowest BCUT2D eigenvalue weighted by atomic mass is 9.81. The fourth-order valence-electron chi connectivity index (χ4n) is 3.94. The molecule has 29 heavy (non-hydrogen) atoms. The van der Waals surface area contributed by atoms with Crippen LogP contribution in [0.2, 0.25) is 0 Å². The second kappa shape index (κ2) is 7.20. The van der Waals surface area contributed by atoms with Crippen molar-refractivity contribution in [2.75, 3.05) is 11.4 Å². The largest absolute Gasteiger partial charge is 0.295 e. The zero-order chi connectivity index (χ0) is 20.7. The number of anilines is 1. The molecule has 148 valence electrons. The van der Waals surface area contributed by atoms with Gasteiger partial charge in [0.05, 0.1) is 5.69 Å². The van der Waals surface area contributed by atoms with Crippen molar-refractivity contribution in [3.05, 3.63) is 81.9 Å². The molecule has 0 N–H and O–H groups in total. The molecule has 4 rings (SSSR count). The number of carbonyl (C=O) groups is 1. The fraction of sp³-hybridized carbons (Fsp3) is 0.238. The van der Waals surface area contributed by atoms with E-state index in [1.54, 1.807) is 32.0 Å². The van der Waals surface area contributed by atoms with Crippen molar-refractivity contribution in [1.29, 1.82) is 0 Å². The van der Waals surface area contributed by atoms with Crippen LogP contribution in [0.25, 0.3) is 5.69 Å². The highest BCUT2D eigenvalue weighted by molar-refractivity contribution is 6.01. The minimum Gasteiger partial charge on any atom is -0.295 e. The van der Waals surface area contributed by atoms with E-state index >= 15 is 0 Å². The lowest BCUT2D eigenvalue weighted by Crippen LogP contribution is -2.46. The fourth-order valence-corrected chi connectivity index (χ4v) is 3.94. The summed E-state index contributed by atoms with van der Waals surface area (Å²) in [5.74, 6) is -1.76. The number of aryl methyl sites for hydroxylation is 1. The van der Waals surface area contributed by atoms with E-state index in [0.29, 0.717) is 22.6 Å². The number of hydrogen-bond donors (Lipinski definition) is 0. The number of likely N-dealkylation sites (N-methyl/N-ethyl adjacent to an activating group) is 1. The average molecular weight is 396 g/mol. The summed E-state index contributed by atoms with van der Waals surface area (Å²) >= 11 is 0. The molecule has 8 heteroatoms. The minimum atomic E-state index is -1.22. The van der Waals surface area contributed by atoms with Crippen molar-refractivity contribution < 1.29 is 13.6 Å². The molecule has 0 fully saturated rings. The van der Waals surface area contributed by atoms with Crippen molar-refractivity contribution >= 4 is 11.7 Å². The number of nitroso groups, excluding NO2 is 1. The van der Waals surface area contributed by atoms with Crippen LogP contribution < -0.4 is 4.90 Å². The summed E-state index contributed by atoms with van der Waals surface area (Å²) in [6.45, 7) is 3.75. The van der Waals surface area contributed by atoms with Gasteiger partial charge >= 0.3 is 0 Å². The van der Waals surface area contributed by atoms with Crippen molar-refractivity contribution in [2.24, 2.45) is 5.18 Å². The van der Waals surface area contributed by atoms with Crippen LogP contribution in [0.4, 0.5) is 14.6 Å². The van der Waals surface area contributed by atoms with Gasteiger partial charge in [-0.05, 0) is 43.7 Å². The second-order valence-corrected chi connectivity index (χ2v) is 6.85.